The third-order valence-corrected chi connectivity index (χ3v) is 4.07. The number of nitrogens with zero attached hydrogens (tertiary/aromatic N) is 1. The molecule has 0 saturated heterocycles. The zero-order chi connectivity index (χ0) is 14.7. The molecule has 1 aromatic rings. The Bertz CT molecular complexity index is 492. The summed E-state index contributed by atoms with van der Waals surface area (Å²) in [5.74, 6) is -0.0161. The minimum absolute atomic E-state index is 0. The summed E-state index contributed by atoms with van der Waals surface area (Å²) >= 11 is 0. The molecule has 1 fully saturated rings. The lowest BCUT2D eigenvalue weighted by Crippen LogP contribution is -2.34. The molecule has 0 radical (unpaired) electrons. The molecule has 0 aromatic heterocycles. The molecule has 4 N–H and O–H groups in total. The van der Waals surface area contributed by atoms with Crippen molar-refractivity contribution in [2.24, 2.45) is 11.7 Å². The van der Waals surface area contributed by atoms with Crippen LogP contribution in [0.4, 0.5) is 5.69 Å². The first kappa shape index (κ1) is 17.7. The monoisotopic (exact) mass is 316 g/mol. The maximum absolute atomic E-state index is 11.0. The minimum Gasteiger partial charge on any atom is -0.508 e. The van der Waals surface area contributed by atoms with Crippen molar-refractivity contribution >= 4 is 18.1 Å². The molecule has 1 aromatic carbocycles. The number of nitro benzene ring substituents is 1. The van der Waals surface area contributed by atoms with E-state index in [1.807, 2.05) is 0 Å². The van der Waals surface area contributed by atoms with Crippen LogP contribution in [0.1, 0.15) is 43.7 Å². The van der Waals surface area contributed by atoms with Gasteiger partial charge in [0.25, 0.3) is 5.69 Å². The van der Waals surface area contributed by atoms with Gasteiger partial charge >= 0.3 is 0 Å². The number of hydrogen-bond acceptors (Lipinski definition) is 5. The van der Waals surface area contributed by atoms with Crippen LogP contribution in [0.2, 0.25) is 0 Å². The Hall–Kier alpha value is -1.37. The van der Waals surface area contributed by atoms with Crippen molar-refractivity contribution < 1.29 is 15.1 Å². The average Bonchev–Trinajstić information content (AvgIpc) is 2.46. The van der Waals surface area contributed by atoms with Crippen LogP contribution in [-0.2, 0) is 0 Å². The first-order valence-electron chi connectivity index (χ1n) is 6.91. The van der Waals surface area contributed by atoms with Crippen LogP contribution in [0.3, 0.4) is 0 Å². The molecule has 1 aliphatic rings. The Morgan fingerprint density at radius 1 is 1.29 bits per heavy atom. The first-order valence-corrected chi connectivity index (χ1v) is 6.91. The highest BCUT2D eigenvalue weighted by atomic mass is 35.5. The van der Waals surface area contributed by atoms with E-state index >= 15 is 0 Å². The van der Waals surface area contributed by atoms with Crippen molar-refractivity contribution in [2.75, 3.05) is 0 Å². The fourth-order valence-electron chi connectivity index (χ4n) is 2.93. The topological polar surface area (TPSA) is 110 Å². The maximum atomic E-state index is 11.0. The van der Waals surface area contributed by atoms with Gasteiger partial charge in [-0.1, -0.05) is 19.3 Å². The van der Waals surface area contributed by atoms with Crippen molar-refractivity contribution in [3.05, 3.63) is 33.9 Å². The van der Waals surface area contributed by atoms with Crippen molar-refractivity contribution in [2.45, 2.75) is 44.2 Å². The quantitative estimate of drug-likeness (QED) is 0.584. The molecule has 6 nitrogen and oxygen atoms in total. The summed E-state index contributed by atoms with van der Waals surface area (Å²) in [5, 5.41) is 30.9. The number of benzene rings is 1. The Balaban J connectivity index is 0.00000220. The highest BCUT2D eigenvalue weighted by molar-refractivity contribution is 5.85. The third kappa shape index (κ3) is 4.06. The second-order valence-corrected chi connectivity index (χ2v) is 5.41. The van der Waals surface area contributed by atoms with E-state index in [9.17, 15) is 20.3 Å². The molecule has 0 amide bonds. The van der Waals surface area contributed by atoms with Crippen LogP contribution in [0.25, 0.3) is 0 Å². The fraction of sp³-hybridized carbons (Fsp3) is 0.571. The van der Waals surface area contributed by atoms with E-state index in [-0.39, 0.29) is 35.3 Å². The third-order valence-electron chi connectivity index (χ3n) is 4.07. The van der Waals surface area contributed by atoms with Gasteiger partial charge in [0.15, 0.2) is 0 Å². The van der Waals surface area contributed by atoms with Gasteiger partial charge in [-0.3, -0.25) is 10.1 Å². The summed E-state index contributed by atoms with van der Waals surface area (Å²) in [6.45, 7) is 0. The SMILES string of the molecule is Cl.N[C@@H](c1cc(O)ccc1[N+](=O)[O-])[C@H](O)C1CCCCC1. The van der Waals surface area contributed by atoms with Gasteiger partial charge in [0.05, 0.1) is 22.6 Å². The second-order valence-electron chi connectivity index (χ2n) is 5.41. The molecule has 2 atom stereocenters. The van der Waals surface area contributed by atoms with E-state index < -0.39 is 17.1 Å². The standard InChI is InChI=1S/C14H20N2O4.ClH/c15-13(14(18)9-4-2-1-3-5-9)11-8-10(17)6-7-12(11)16(19)20;/h6-9,13-14,17-18H,1-5,15H2;1H/t13-,14+;/m0./s1. The summed E-state index contributed by atoms with van der Waals surface area (Å²) < 4.78 is 0. The van der Waals surface area contributed by atoms with E-state index in [0.717, 1.165) is 32.1 Å². The predicted octanol–water partition coefficient (Wildman–Crippen LogP) is 2.66. The smallest absolute Gasteiger partial charge is 0.274 e. The largest absolute Gasteiger partial charge is 0.508 e. The molecule has 2 rings (SSSR count). The van der Waals surface area contributed by atoms with Gasteiger partial charge in [-0.25, -0.2) is 0 Å². The van der Waals surface area contributed by atoms with E-state index in [0.29, 0.717) is 0 Å². The lowest BCUT2D eigenvalue weighted by molar-refractivity contribution is -0.385. The molecular formula is C14H21ClN2O4. The normalized spacial score (nSPS) is 18.6. The van der Waals surface area contributed by atoms with E-state index in [4.69, 9.17) is 5.73 Å². The summed E-state index contributed by atoms with van der Waals surface area (Å²) in [7, 11) is 0. The van der Waals surface area contributed by atoms with Crippen LogP contribution in [-0.4, -0.2) is 21.2 Å². The number of phenols is 1. The Morgan fingerprint density at radius 2 is 1.90 bits per heavy atom. The zero-order valence-corrected chi connectivity index (χ0v) is 12.5. The maximum Gasteiger partial charge on any atom is 0.274 e. The van der Waals surface area contributed by atoms with Gasteiger partial charge in [-0.15, -0.1) is 12.4 Å². The molecule has 1 saturated carbocycles. The van der Waals surface area contributed by atoms with E-state index in [1.165, 1.54) is 18.2 Å². The van der Waals surface area contributed by atoms with Gasteiger partial charge in [0.1, 0.15) is 5.75 Å². The van der Waals surface area contributed by atoms with E-state index in [2.05, 4.69) is 0 Å². The highest BCUT2D eigenvalue weighted by Gasteiger charge is 2.31. The Morgan fingerprint density at radius 3 is 2.48 bits per heavy atom. The number of aromatic hydroxyl groups is 1. The lowest BCUT2D eigenvalue weighted by atomic mass is 9.81. The molecule has 21 heavy (non-hydrogen) atoms. The minimum atomic E-state index is -0.856. The zero-order valence-electron chi connectivity index (χ0n) is 11.6. The highest BCUT2D eigenvalue weighted by Crippen LogP contribution is 2.35. The van der Waals surface area contributed by atoms with Crippen LogP contribution >= 0.6 is 12.4 Å². The van der Waals surface area contributed by atoms with Gasteiger partial charge in [-0.05, 0) is 30.9 Å². The number of halogens is 1. The summed E-state index contributed by atoms with van der Waals surface area (Å²) in [5.41, 5.74) is 6.04. The van der Waals surface area contributed by atoms with Gasteiger partial charge in [-0.2, -0.15) is 0 Å². The molecule has 7 heteroatoms. The summed E-state index contributed by atoms with van der Waals surface area (Å²) in [6, 6.07) is 2.89. The second kappa shape index (κ2) is 7.59. The lowest BCUT2D eigenvalue weighted by Gasteiger charge is -2.30. The number of aliphatic hydroxyl groups is 1. The molecule has 0 bridgehead atoms. The van der Waals surface area contributed by atoms with Crippen LogP contribution in [0.15, 0.2) is 18.2 Å². The van der Waals surface area contributed by atoms with Crippen molar-refractivity contribution in [1.29, 1.82) is 0 Å². The number of rotatable bonds is 4. The van der Waals surface area contributed by atoms with Gasteiger partial charge in [0.2, 0.25) is 0 Å². The van der Waals surface area contributed by atoms with Crippen LogP contribution in [0.5, 0.6) is 5.75 Å². The number of nitro groups is 1. The fourth-order valence-corrected chi connectivity index (χ4v) is 2.93. The molecule has 0 heterocycles. The summed E-state index contributed by atoms with van der Waals surface area (Å²) in [6.07, 6.45) is 4.22. The van der Waals surface area contributed by atoms with Crippen molar-refractivity contribution in [3.63, 3.8) is 0 Å². The van der Waals surface area contributed by atoms with E-state index in [1.54, 1.807) is 0 Å². The molecule has 0 aliphatic heterocycles. The molecule has 118 valence electrons. The van der Waals surface area contributed by atoms with Crippen molar-refractivity contribution in [1.82, 2.24) is 0 Å². The number of nitrogens with two attached hydrogens (primary N) is 1. The average molecular weight is 317 g/mol. The predicted molar refractivity (Wildman–Crippen MR) is 81.5 cm³/mol. The molecular weight excluding hydrogens is 296 g/mol. The molecule has 0 spiro atoms. The first-order chi connectivity index (χ1) is 9.50. The summed E-state index contributed by atoms with van der Waals surface area (Å²) in [4.78, 5) is 10.5. The van der Waals surface area contributed by atoms with Gasteiger partial charge < -0.3 is 15.9 Å². The number of aliphatic hydroxyl groups excluding tert-OH is 1. The molecule has 1 aliphatic carbocycles. The number of hydrogen-bond donors (Lipinski definition) is 3. The van der Waals surface area contributed by atoms with Gasteiger partial charge in [0, 0.05) is 6.07 Å². The number of phenolic OH excluding ortho intramolecular Hbond substituents is 1. The van der Waals surface area contributed by atoms with Crippen molar-refractivity contribution in [3.8, 4) is 5.75 Å². The van der Waals surface area contributed by atoms with Crippen LogP contribution in [0, 0.1) is 16.0 Å². The Kier molecular flexibility index (Phi) is 6.39. The van der Waals surface area contributed by atoms with Crippen LogP contribution < -0.4 is 5.73 Å². The Labute approximate surface area is 129 Å². The molecule has 0 unspecified atom stereocenters.